The summed E-state index contributed by atoms with van der Waals surface area (Å²) in [5.74, 6) is 0.929. The molecule has 1 rings (SSSR count). The molecule has 1 atom stereocenters. The van der Waals surface area contributed by atoms with Crippen molar-refractivity contribution in [2.45, 2.75) is 6.42 Å². The number of aliphatic hydroxyl groups is 1. The van der Waals surface area contributed by atoms with Crippen LogP contribution in [0.3, 0.4) is 0 Å². The molecule has 0 aliphatic rings. The number of rotatable bonds is 5. The van der Waals surface area contributed by atoms with Crippen LogP contribution in [-0.4, -0.2) is 25.4 Å². The Hall–Kier alpha value is -0.580. The van der Waals surface area contributed by atoms with Crippen molar-refractivity contribution in [1.82, 2.24) is 0 Å². The molecule has 3 N–H and O–H groups in total. The van der Waals surface area contributed by atoms with Crippen LogP contribution in [0.4, 0.5) is 0 Å². The van der Waals surface area contributed by atoms with Gasteiger partial charge in [-0.2, -0.15) is 0 Å². The average Bonchev–Trinajstić information content (AvgIpc) is 2.26. The summed E-state index contributed by atoms with van der Waals surface area (Å²) in [5, 5.41) is 9.09. The highest BCUT2D eigenvalue weighted by Gasteiger charge is 2.10. The molecular formula is C11H16BrNO2. The van der Waals surface area contributed by atoms with E-state index in [-0.39, 0.29) is 12.5 Å². The van der Waals surface area contributed by atoms with Crippen molar-refractivity contribution >= 4 is 15.9 Å². The van der Waals surface area contributed by atoms with Crippen LogP contribution in [0.5, 0.6) is 5.75 Å². The summed E-state index contributed by atoms with van der Waals surface area (Å²) in [7, 11) is 1.64. The minimum Gasteiger partial charge on any atom is -0.496 e. The number of methoxy groups -OCH3 is 1. The van der Waals surface area contributed by atoms with E-state index in [1.54, 1.807) is 7.11 Å². The SMILES string of the molecule is COc1ccc(Br)cc1C[C@@H](CN)CO. The van der Waals surface area contributed by atoms with Crippen LogP contribution in [0.25, 0.3) is 0 Å². The summed E-state index contributed by atoms with van der Waals surface area (Å²) in [6, 6.07) is 5.83. The lowest BCUT2D eigenvalue weighted by molar-refractivity contribution is 0.229. The van der Waals surface area contributed by atoms with Gasteiger partial charge < -0.3 is 15.6 Å². The van der Waals surface area contributed by atoms with Crippen molar-refractivity contribution in [3.63, 3.8) is 0 Å². The van der Waals surface area contributed by atoms with Gasteiger partial charge in [0.2, 0.25) is 0 Å². The molecule has 0 saturated carbocycles. The lowest BCUT2D eigenvalue weighted by Crippen LogP contribution is -2.20. The number of aliphatic hydroxyl groups excluding tert-OH is 1. The van der Waals surface area contributed by atoms with Gasteiger partial charge in [0.25, 0.3) is 0 Å². The monoisotopic (exact) mass is 273 g/mol. The normalized spacial score (nSPS) is 12.5. The summed E-state index contributed by atoms with van der Waals surface area (Å²) in [6.45, 7) is 0.582. The molecule has 0 heterocycles. The molecule has 3 nitrogen and oxygen atoms in total. The van der Waals surface area contributed by atoms with E-state index in [0.29, 0.717) is 6.54 Å². The molecule has 0 unspecified atom stereocenters. The summed E-state index contributed by atoms with van der Waals surface area (Å²) in [5.41, 5.74) is 6.61. The van der Waals surface area contributed by atoms with E-state index in [2.05, 4.69) is 15.9 Å². The van der Waals surface area contributed by atoms with Crippen LogP contribution in [0.2, 0.25) is 0 Å². The van der Waals surface area contributed by atoms with Gasteiger partial charge in [-0.25, -0.2) is 0 Å². The second kappa shape index (κ2) is 6.10. The highest BCUT2D eigenvalue weighted by molar-refractivity contribution is 9.10. The highest BCUT2D eigenvalue weighted by Crippen LogP contribution is 2.25. The molecule has 0 aliphatic heterocycles. The first-order valence-electron chi connectivity index (χ1n) is 4.84. The maximum absolute atomic E-state index is 9.09. The Morgan fingerprint density at radius 3 is 2.80 bits per heavy atom. The zero-order valence-electron chi connectivity index (χ0n) is 8.74. The second-order valence-corrected chi connectivity index (χ2v) is 4.36. The Balaban J connectivity index is 2.86. The van der Waals surface area contributed by atoms with E-state index in [9.17, 15) is 0 Å². The van der Waals surface area contributed by atoms with Crippen molar-refractivity contribution < 1.29 is 9.84 Å². The van der Waals surface area contributed by atoms with E-state index in [0.717, 1.165) is 22.2 Å². The van der Waals surface area contributed by atoms with Crippen LogP contribution in [0, 0.1) is 5.92 Å². The van der Waals surface area contributed by atoms with Crippen LogP contribution >= 0.6 is 15.9 Å². The predicted molar refractivity (Wildman–Crippen MR) is 64.0 cm³/mol. The third-order valence-corrected chi connectivity index (χ3v) is 2.84. The number of nitrogens with two attached hydrogens (primary N) is 1. The molecule has 0 saturated heterocycles. The first kappa shape index (κ1) is 12.5. The molecule has 15 heavy (non-hydrogen) atoms. The maximum atomic E-state index is 9.09. The second-order valence-electron chi connectivity index (χ2n) is 3.44. The van der Waals surface area contributed by atoms with Gasteiger partial charge in [0.1, 0.15) is 5.75 Å². The molecule has 0 aliphatic carbocycles. The molecule has 0 aromatic heterocycles. The van der Waals surface area contributed by atoms with Gasteiger partial charge in [-0.05, 0) is 42.6 Å². The average molecular weight is 274 g/mol. The van der Waals surface area contributed by atoms with E-state index in [4.69, 9.17) is 15.6 Å². The van der Waals surface area contributed by atoms with Gasteiger partial charge in [0, 0.05) is 11.1 Å². The molecule has 1 aromatic rings. The molecule has 0 bridgehead atoms. The summed E-state index contributed by atoms with van der Waals surface area (Å²) < 4.78 is 6.25. The fourth-order valence-electron chi connectivity index (χ4n) is 1.44. The number of hydrogen-bond acceptors (Lipinski definition) is 3. The number of halogens is 1. The Kier molecular flexibility index (Phi) is 5.08. The standard InChI is InChI=1S/C11H16BrNO2/c1-15-11-3-2-10(12)5-9(11)4-8(6-13)7-14/h2-3,5,8,14H,4,6-7,13H2,1H3/t8-/m0/s1. The lowest BCUT2D eigenvalue weighted by Gasteiger charge is -2.14. The van der Waals surface area contributed by atoms with Gasteiger partial charge in [-0.1, -0.05) is 15.9 Å². The van der Waals surface area contributed by atoms with Crippen molar-refractivity contribution in [2.24, 2.45) is 11.7 Å². The van der Waals surface area contributed by atoms with Crippen LogP contribution in [0.1, 0.15) is 5.56 Å². The third kappa shape index (κ3) is 3.48. The van der Waals surface area contributed by atoms with Gasteiger partial charge in [0.05, 0.1) is 7.11 Å². The quantitative estimate of drug-likeness (QED) is 0.856. The Morgan fingerprint density at radius 2 is 2.27 bits per heavy atom. The van der Waals surface area contributed by atoms with Crippen LogP contribution < -0.4 is 10.5 Å². The molecule has 0 fully saturated rings. The number of ether oxygens (including phenoxy) is 1. The number of benzene rings is 1. The Labute approximate surface area is 98.4 Å². The fraction of sp³-hybridized carbons (Fsp3) is 0.455. The van der Waals surface area contributed by atoms with E-state index in [1.807, 2.05) is 18.2 Å². The highest BCUT2D eigenvalue weighted by atomic mass is 79.9. The molecular weight excluding hydrogens is 258 g/mol. The smallest absolute Gasteiger partial charge is 0.122 e. The minimum atomic E-state index is 0.0909. The van der Waals surface area contributed by atoms with Gasteiger partial charge in [-0.15, -0.1) is 0 Å². The molecule has 84 valence electrons. The van der Waals surface area contributed by atoms with E-state index >= 15 is 0 Å². The summed E-state index contributed by atoms with van der Waals surface area (Å²) in [4.78, 5) is 0. The molecule has 1 aromatic carbocycles. The van der Waals surface area contributed by atoms with Crippen molar-refractivity contribution in [1.29, 1.82) is 0 Å². The summed E-state index contributed by atoms with van der Waals surface area (Å²) in [6.07, 6.45) is 0.732. The predicted octanol–water partition coefficient (Wildman–Crippen LogP) is 1.57. The Bertz CT molecular complexity index is 313. The van der Waals surface area contributed by atoms with Gasteiger partial charge in [0.15, 0.2) is 0 Å². The molecule has 0 amide bonds. The minimum absolute atomic E-state index is 0.0909. The van der Waals surface area contributed by atoms with Crippen molar-refractivity contribution in [2.75, 3.05) is 20.3 Å². The first-order valence-corrected chi connectivity index (χ1v) is 5.64. The topological polar surface area (TPSA) is 55.5 Å². The number of hydrogen-bond donors (Lipinski definition) is 2. The fourth-order valence-corrected chi connectivity index (χ4v) is 1.85. The molecule has 0 radical (unpaired) electrons. The summed E-state index contributed by atoms with van der Waals surface area (Å²) >= 11 is 3.41. The zero-order chi connectivity index (χ0) is 11.3. The maximum Gasteiger partial charge on any atom is 0.122 e. The van der Waals surface area contributed by atoms with Gasteiger partial charge in [-0.3, -0.25) is 0 Å². The van der Waals surface area contributed by atoms with Gasteiger partial charge >= 0.3 is 0 Å². The van der Waals surface area contributed by atoms with E-state index in [1.165, 1.54) is 0 Å². The zero-order valence-corrected chi connectivity index (χ0v) is 10.3. The first-order chi connectivity index (χ1) is 7.21. The largest absolute Gasteiger partial charge is 0.496 e. The van der Waals surface area contributed by atoms with Crippen LogP contribution in [-0.2, 0) is 6.42 Å². The van der Waals surface area contributed by atoms with E-state index < -0.39 is 0 Å². The molecule has 4 heteroatoms. The van der Waals surface area contributed by atoms with Crippen molar-refractivity contribution in [3.8, 4) is 5.75 Å². The third-order valence-electron chi connectivity index (χ3n) is 2.34. The Morgan fingerprint density at radius 1 is 1.53 bits per heavy atom. The molecule has 0 spiro atoms. The lowest BCUT2D eigenvalue weighted by atomic mass is 9.99. The van der Waals surface area contributed by atoms with Crippen LogP contribution in [0.15, 0.2) is 22.7 Å². The van der Waals surface area contributed by atoms with Crippen molar-refractivity contribution in [3.05, 3.63) is 28.2 Å².